The van der Waals surface area contributed by atoms with Crippen molar-refractivity contribution < 1.29 is 4.79 Å². The molecule has 2 rings (SSSR count). The van der Waals surface area contributed by atoms with Gasteiger partial charge in [0, 0.05) is 39.1 Å². The zero-order valence-corrected chi connectivity index (χ0v) is 13.5. The average molecular weight is 289 g/mol. The Hall–Kier alpha value is -1.42. The molecule has 1 amide bonds. The minimum absolute atomic E-state index is 0.185. The molecule has 0 bridgehead atoms. The second kappa shape index (κ2) is 7.55. The molecule has 1 aromatic heterocycles. The molecular formula is C17H27N3O. The number of likely N-dealkylation sites (N-methyl/N-ethyl adjacent to an activating group) is 1. The number of rotatable bonds is 6. The van der Waals surface area contributed by atoms with Crippen molar-refractivity contribution in [1.29, 1.82) is 0 Å². The summed E-state index contributed by atoms with van der Waals surface area (Å²) in [5.41, 5.74) is 0.988. The Balaban J connectivity index is 1.76. The topological polar surface area (TPSA) is 36.4 Å². The van der Waals surface area contributed by atoms with E-state index in [-0.39, 0.29) is 5.91 Å². The molecule has 4 nitrogen and oxygen atoms in total. The summed E-state index contributed by atoms with van der Waals surface area (Å²) in [7, 11) is 1.92. The van der Waals surface area contributed by atoms with Crippen molar-refractivity contribution in [2.75, 3.05) is 33.2 Å². The summed E-state index contributed by atoms with van der Waals surface area (Å²) in [6, 6.07) is 3.84. The van der Waals surface area contributed by atoms with Gasteiger partial charge in [-0.05, 0) is 36.4 Å². The van der Waals surface area contributed by atoms with E-state index in [4.69, 9.17) is 0 Å². The van der Waals surface area contributed by atoms with Crippen LogP contribution in [0.2, 0.25) is 0 Å². The molecule has 1 atom stereocenters. The van der Waals surface area contributed by atoms with Crippen molar-refractivity contribution in [2.24, 2.45) is 11.8 Å². The van der Waals surface area contributed by atoms with Gasteiger partial charge in [0.1, 0.15) is 0 Å². The normalized spacial score (nSPS) is 19.1. The highest BCUT2D eigenvalue weighted by molar-refractivity contribution is 5.78. The molecule has 1 aliphatic rings. The van der Waals surface area contributed by atoms with Crippen molar-refractivity contribution in [3.05, 3.63) is 30.1 Å². The first kappa shape index (κ1) is 16.0. The molecule has 1 aromatic rings. The van der Waals surface area contributed by atoms with Crippen LogP contribution < -0.4 is 0 Å². The van der Waals surface area contributed by atoms with Crippen LogP contribution in [0, 0.1) is 11.8 Å². The highest BCUT2D eigenvalue weighted by Gasteiger charge is 2.25. The van der Waals surface area contributed by atoms with Crippen LogP contribution in [-0.2, 0) is 11.2 Å². The van der Waals surface area contributed by atoms with Gasteiger partial charge in [0.25, 0.3) is 0 Å². The smallest absolute Gasteiger partial charge is 0.226 e. The summed E-state index contributed by atoms with van der Waals surface area (Å²) in [6.45, 7) is 8.86. The van der Waals surface area contributed by atoms with Crippen LogP contribution in [0.4, 0.5) is 0 Å². The van der Waals surface area contributed by atoms with Crippen LogP contribution in [0.25, 0.3) is 0 Å². The number of carbonyl (C=O) groups is 1. The van der Waals surface area contributed by atoms with Gasteiger partial charge in [0.05, 0.1) is 6.42 Å². The highest BCUT2D eigenvalue weighted by atomic mass is 16.2. The fourth-order valence-electron chi connectivity index (χ4n) is 3.05. The lowest BCUT2D eigenvalue weighted by molar-refractivity contribution is -0.129. The molecule has 1 fully saturated rings. The van der Waals surface area contributed by atoms with Gasteiger partial charge in [-0.3, -0.25) is 9.78 Å². The zero-order chi connectivity index (χ0) is 15.2. The molecular weight excluding hydrogens is 262 g/mol. The summed E-state index contributed by atoms with van der Waals surface area (Å²) in [5, 5.41) is 0. The molecule has 0 aromatic carbocycles. The Morgan fingerprint density at radius 1 is 1.52 bits per heavy atom. The van der Waals surface area contributed by atoms with Gasteiger partial charge in [0.2, 0.25) is 5.91 Å². The van der Waals surface area contributed by atoms with Crippen molar-refractivity contribution in [2.45, 2.75) is 26.7 Å². The lowest BCUT2D eigenvalue weighted by Crippen LogP contribution is -2.34. The Morgan fingerprint density at radius 3 is 3.00 bits per heavy atom. The van der Waals surface area contributed by atoms with Crippen molar-refractivity contribution in [3.8, 4) is 0 Å². The van der Waals surface area contributed by atoms with Gasteiger partial charge in [0.15, 0.2) is 0 Å². The maximum atomic E-state index is 12.2. The van der Waals surface area contributed by atoms with Crippen LogP contribution in [0.15, 0.2) is 24.5 Å². The van der Waals surface area contributed by atoms with E-state index in [1.807, 2.05) is 24.1 Å². The quantitative estimate of drug-likeness (QED) is 0.804. The van der Waals surface area contributed by atoms with Gasteiger partial charge >= 0.3 is 0 Å². The minimum Gasteiger partial charge on any atom is -0.345 e. The lowest BCUT2D eigenvalue weighted by Gasteiger charge is -2.22. The number of amides is 1. The zero-order valence-electron chi connectivity index (χ0n) is 13.5. The fraction of sp³-hybridized carbons (Fsp3) is 0.647. The van der Waals surface area contributed by atoms with E-state index in [1.165, 1.54) is 19.5 Å². The SMILES string of the molecule is CC(C)CN1CC[C@H](CN(C)C(=O)Cc2cccnc2)C1. The highest BCUT2D eigenvalue weighted by Crippen LogP contribution is 2.18. The van der Waals surface area contributed by atoms with E-state index >= 15 is 0 Å². The molecule has 1 aliphatic heterocycles. The third-order valence-electron chi connectivity index (χ3n) is 4.03. The molecule has 0 unspecified atom stereocenters. The van der Waals surface area contributed by atoms with Gasteiger partial charge in [-0.1, -0.05) is 19.9 Å². The summed E-state index contributed by atoms with van der Waals surface area (Å²) < 4.78 is 0. The Labute approximate surface area is 128 Å². The molecule has 0 saturated carbocycles. The van der Waals surface area contributed by atoms with E-state index in [0.29, 0.717) is 18.3 Å². The Kier molecular flexibility index (Phi) is 5.74. The number of likely N-dealkylation sites (tertiary alicyclic amines) is 1. The molecule has 0 radical (unpaired) electrons. The first-order valence-electron chi connectivity index (χ1n) is 7.90. The van der Waals surface area contributed by atoms with Gasteiger partial charge in [-0.15, -0.1) is 0 Å². The summed E-state index contributed by atoms with van der Waals surface area (Å²) >= 11 is 0. The second-order valence-electron chi connectivity index (χ2n) is 6.62. The number of aromatic nitrogens is 1. The fourth-order valence-corrected chi connectivity index (χ4v) is 3.05. The molecule has 0 spiro atoms. The van der Waals surface area contributed by atoms with Crippen LogP contribution in [0.5, 0.6) is 0 Å². The van der Waals surface area contributed by atoms with Gasteiger partial charge < -0.3 is 9.80 Å². The van der Waals surface area contributed by atoms with Crippen LogP contribution in [0.3, 0.4) is 0 Å². The van der Waals surface area contributed by atoms with Crippen LogP contribution in [-0.4, -0.2) is 53.9 Å². The minimum atomic E-state index is 0.185. The van der Waals surface area contributed by atoms with Crippen molar-refractivity contribution >= 4 is 5.91 Å². The van der Waals surface area contributed by atoms with E-state index < -0.39 is 0 Å². The molecule has 4 heteroatoms. The molecule has 2 heterocycles. The summed E-state index contributed by atoms with van der Waals surface area (Å²) in [6.07, 6.45) is 5.16. The molecule has 116 valence electrons. The number of nitrogens with zero attached hydrogens (tertiary/aromatic N) is 3. The van der Waals surface area contributed by atoms with Crippen LogP contribution >= 0.6 is 0 Å². The van der Waals surface area contributed by atoms with Crippen molar-refractivity contribution in [3.63, 3.8) is 0 Å². The maximum Gasteiger partial charge on any atom is 0.226 e. The van der Waals surface area contributed by atoms with Gasteiger partial charge in [-0.25, -0.2) is 0 Å². The Bertz CT molecular complexity index is 447. The second-order valence-corrected chi connectivity index (χ2v) is 6.62. The number of carbonyl (C=O) groups excluding carboxylic acids is 1. The predicted molar refractivity (Wildman–Crippen MR) is 85.0 cm³/mol. The number of hydrogen-bond donors (Lipinski definition) is 0. The molecule has 0 N–H and O–H groups in total. The van der Waals surface area contributed by atoms with E-state index in [2.05, 4.69) is 23.7 Å². The average Bonchev–Trinajstić information content (AvgIpc) is 2.86. The number of pyridine rings is 1. The van der Waals surface area contributed by atoms with Gasteiger partial charge in [-0.2, -0.15) is 0 Å². The lowest BCUT2D eigenvalue weighted by atomic mass is 10.1. The molecule has 21 heavy (non-hydrogen) atoms. The monoisotopic (exact) mass is 289 g/mol. The van der Waals surface area contributed by atoms with Crippen LogP contribution in [0.1, 0.15) is 25.8 Å². The van der Waals surface area contributed by atoms with Crippen molar-refractivity contribution in [1.82, 2.24) is 14.8 Å². The van der Waals surface area contributed by atoms with E-state index in [0.717, 1.165) is 18.7 Å². The first-order valence-corrected chi connectivity index (χ1v) is 7.90. The number of hydrogen-bond acceptors (Lipinski definition) is 3. The third kappa shape index (κ3) is 5.12. The third-order valence-corrected chi connectivity index (χ3v) is 4.03. The Morgan fingerprint density at radius 2 is 2.33 bits per heavy atom. The summed E-state index contributed by atoms with van der Waals surface area (Å²) in [5.74, 6) is 1.52. The summed E-state index contributed by atoms with van der Waals surface area (Å²) in [4.78, 5) is 20.7. The predicted octanol–water partition coefficient (Wildman–Crippen LogP) is 2.06. The molecule has 1 saturated heterocycles. The molecule has 0 aliphatic carbocycles. The standard InChI is InChI=1S/C17H27N3O/c1-14(2)11-20-8-6-16(13-20)12-19(3)17(21)9-15-5-4-7-18-10-15/h4-5,7,10,14,16H,6,8-9,11-13H2,1-3H3/t16-/m1/s1. The first-order chi connectivity index (χ1) is 10.0. The maximum absolute atomic E-state index is 12.2. The largest absolute Gasteiger partial charge is 0.345 e. The van der Waals surface area contributed by atoms with E-state index in [9.17, 15) is 4.79 Å². The van der Waals surface area contributed by atoms with E-state index in [1.54, 1.807) is 12.4 Å².